The molecule has 0 radical (unpaired) electrons. The van der Waals surface area contributed by atoms with Gasteiger partial charge in [-0.1, -0.05) is 44.2 Å². The highest BCUT2D eigenvalue weighted by Crippen LogP contribution is 2.20. The molecule has 2 rings (SSSR count). The van der Waals surface area contributed by atoms with Gasteiger partial charge < -0.3 is 37.8 Å². The summed E-state index contributed by atoms with van der Waals surface area (Å²) in [5, 5.41) is 14.8. The molecule has 4 atom stereocenters. The van der Waals surface area contributed by atoms with E-state index >= 15 is 0 Å². The van der Waals surface area contributed by atoms with Gasteiger partial charge in [0.05, 0.1) is 6.04 Å². The van der Waals surface area contributed by atoms with Crippen LogP contribution in [0.1, 0.15) is 51.5 Å². The van der Waals surface area contributed by atoms with Gasteiger partial charge in [-0.15, -0.1) is 0 Å². The van der Waals surface area contributed by atoms with Gasteiger partial charge in [0.15, 0.2) is 5.96 Å². The molecule has 0 saturated carbocycles. The standard InChI is InChI=1S/C26H41N7O5/c1-16(2)14-20(25(37)38)32-23(35)21-11-7-13-33(21)24(36)19(10-6-12-30-26(28)29)31-22(34)18(27)15-17-8-4-3-5-9-17/h3-5,8-9,16,18-21H,6-7,10-15,27H2,1-2H3,(H,31,34)(H,32,35)(H,37,38)(H4,28,29,30). The Kier molecular flexibility index (Phi) is 12.0. The Labute approximate surface area is 223 Å². The molecule has 0 aliphatic carbocycles. The summed E-state index contributed by atoms with van der Waals surface area (Å²) in [4.78, 5) is 56.5. The lowest BCUT2D eigenvalue weighted by Gasteiger charge is -2.30. The van der Waals surface area contributed by atoms with Crippen LogP contribution >= 0.6 is 0 Å². The van der Waals surface area contributed by atoms with E-state index in [-0.39, 0.29) is 31.3 Å². The molecule has 3 amide bonds. The summed E-state index contributed by atoms with van der Waals surface area (Å²) in [5.41, 5.74) is 17.8. The second-order valence-corrected chi connectivity index (χ2v) is 10.0. The van der Waals surface area contributed by atoms with E-state index in [1.165, 1.54) is 4.90 Å². The Morgan fingerprint density at radius 2 is 1.79 bits per heavy atom. The second-order valence-electron chi connectivity index (χ2n) is 10.0. The Morgan fingerprint density at radius 3 is 2.39 bits per heavy atom. The molecule has 1 aromatic rings. The summed E-state index contributed by atoms with van der Waals surface area (Å²) in [5.74, 6) is -2.58. The van der Waals surface area contributed by atoms with E-state index in [9.17, 15) is 24.3 Å². The Balaban J connectivity index is 2.14. The topological polar surface area (TPSA) is 206 Å². The number of amides is 3. The molecule has 0 bridgehead atoms. The van der Waals surface area contributed by atoms with Crippen LogP contribution < -0.4 is 27.8 Å². The van der Waals surface area contributed by atoms with Gasteiger partial charge in [0.25, 0.3) is 0 Å². The molecule has 12 nitrogen and oxygen atoms in total. The van der Waals surface area contributed by atoms with Crippen molar-refractivity contribution in [2.45, 2.75) is 76.5 Å². The molecule has 0 aromatic heterocycles. The molecule has 1 aliphatic rings. The minimum absolute atomic E-state index is 0.0580. The van der Waals surface area contributed by atoms with Crippen LogP contribution in [0.3, 0.4) is 0 Å². The minimum atomic E-state index is -1.12. The van der Waals surface area contributed by atoms with Crippen molar-refractivity contribution in [2.24, 2.45) is 28.1 Å². The zero-order chi connectivity index (χ0) is 28.2. The number of nitrogens with one attached hydrogen (secondary N) is 2. The summed E-state index contributed by atoms with van der Waals surface area (Å²) in [6, 6.07) is 5.59. The van der Waals surface area contributed by atoms with Gasteiger partial charge in [-0.3, -0.25) is 19.4 Å². The third-order valence-corrected chi connectivity index (χ3v) is 6.36. The van der Waals surface area contributed by atoms with E-state index in [0.717, 1.165) is 5.56 Å². The van der Waals surface area contributed by atoms with Crippen LogP contribution in [0.15, 0.2) is 35.3 Å². The number of aliphatic imine (C=N–C) groups is 1. The average Bonchev–Trinajstić information content (AvgIpc) is 3.35. The van der Waals surface area contributed by atoms with Gasteiger partial charge in [0, 0.05) is 13.1 Å². The summed E-state index contributed by atoms with van der Waals surface area (Å²) in [7, 11) is 0. The lowest BCUT2D eigenvalue weighted by Crippen LogP contribution is -2.57. The molecule has 0 spiro atoms. The van der Waals surface area contributed by atoms with Gasteiger partial charge >= 0.3 is 5.97 Å². The maximum atomic E-state index is 13.6. The quantitative estimate of drug-likeness (QED) is 0.106. The van der Waals surface area contributed by atoms with Crippen LogP contribution in [-0.2, 0) is 25.6 Å². The Morgan fingerprint density at radius 1 is 1.11 bits per heavy atom. The summed E-state index contributed by atoms with van der Waals surface area (Å²) in [6.07, 6.45) is 2.17. The predicted molar refractivity (Wildman–Crippen MR) is 144 cm³/mol. The normalized spacial score (nSPS) is 17.4. The lowest BCUT2D eigenvalue weighted by atomic mass is 10.0. The van der Waals surface area contributed by atoms with Crippen LogP contribution in [0.2, 0.25) is 0 Å². The first-order valence-corrected chi connectivity index (χ1v) is 13.0. The molecular weight excluding hydrogens is 490 g/mol. The molecule has 12 heteroatoms. The van der Waals surface area contributed by atoms with Gasteiger partial charge in [0.2, 0.25) is 17.7 Å². The van der Waals surface area contributed by atoms with E-state index in [2.05, 4.69) is 15.6 Å². The fourth-order valence-corrected chi connectivity index (χ4v) is 4.46. The molecule has 38 heavy (non-hydrogen) atoms. The van der Waals surface area contributed by atoms with Crippen molar-refractivity contribution in [1.29, 1.82) is 0 Å². The highest BCUT2D eigenvalue weighted by molar-refractivity contribution is 5.94. The molecule has 1 aliphatic heterocycles. The number of carbonyl (C=O) groups excluding carboxylic acids is 3. The number of nitrogens with zero attached hydrogens (tertiary/aromatic N) is 2. The van der Waals surface area contributed by atoms with Crippen molar-refractivity contribution in [3.8, 4) is 0 Å². The minimum Gasteiger partial charge on any atom is -0.480 e. The number of nitrogens with two attached hydrogens (primary N) is 3. The van der Waals surface area contributed by atoms with Crippen LogP contribution in [-0.4, -0.2) is 76.9 Å². The first-order valence-electron chi connectivity index (χ1n) is 13.0. The fourth-order valence-electron chi connectivity index (χ4n) is 4.46. The third-order valence-electron chi connectivity index (χ3n) is 6.36. The van der Waals surface area contributed by atoms with Crippen molar-refractivity contribution in [1.82, 2.24) is 15.5 Å². The number of carboxylic acids is 1. The highest BCUT2D eigenvalue weighted by Gasteiger charge is 2.39. The largest absolute Gasteiger partial charge is 0.480 e. The maximum Gasteiger partial charge on any atom is 0.326 e. The van der Waals surface area contributed by atoms with E-state index in [1.807, 2.05) is 44.2 Å². The smallest absolute Gasteiger partial charge is 0.326 e. The highest BCUT2D eigenvalue weighted by atomic mass is 16.4. The summed E-state index contributed by atoms with van der Waals surface area (Å²) in [6.45, 7) is 4.31. The number of hydrogen-bond acceptors (Lipinski definition) is 6. The number of hydrogen-bond donors (Lipinski definition) is 6. The summed E-state index contributed by atoms with van der Waals surface area (Å²) >= 11 is 0. The number of likely N-dealkylation sites (tertiary alicyclic amines) is 1. The van der Waals surface area contributed by atoms with Crippen LogP contribution in [0.5, 0.6) is 0 Å². The number of aliphatic carboxylic acids is 1. The van der Waals surface area contributed by atoms with Crippen LogP contribution in [0.4, 0.5) is 0 Å². The number of carboxylic acid groups (broad SMARTS) is 1. The van der Waals surface area contributed by atoms with Gasteiger partial charge in [-0.25, -0.2) is 4.79 Å². The number of rotatable bonds is 14. The first-order chi connectivity index (χ1) is 18.0. The Bertz CT molecular complexity index is 981. The molecule has 1 aromatic carbocycles. The predicted octanol–water partition coefficient (Wildman–Crippen LogP) is -0.299. The molecule has 1 saturated heterocycles. The zero-order valence-corrected chi connectivity index (χ0v) is 22.1. The van der Waals surface area contributed by atoms with Crippen molar-refractivity contribution in [2.75, 3.05) is 13.1 Å². The first kappa shape index (κ1) is 30.6. The summed E-state index contributed by atoms with van der Waals surface area (Å²) < 4.78 is 0. The van der Waals surface area contributed by atoms with Crippen LogP contribution in [0, 0.1) is 5.92 Å². The number of benzene rings is 1. The van der Waals surface area contributed by atoms with Crippen molar-refractivity contribution in [3.63, 3.8) is 0 Å². The van der Waals surface area contributed by atoms with Crippen molar-refractivity contribution < 1.29 is 24.3 Å². The van der Waals surface area contributed by atoms with Crippen molar-refractivity contribution >= 4 is 29.7 Å². The van der Waals surface area contributed by atoms with Crippen molar-refractivity contribution in [3.05, 3.63) is 35.9 Å². The molecule has 9 N–H and O–H groups in total. The second kappa shape index (κ2) is 14.9. The SMILES string of the molecule is CC(C)CC(NC(=O)C1CCCN1C(=O)C(CCCN=C(N)N)NC(=O)C(N)Cc1ccccc1)C(=O)O. The molecular formula is C26H41N7O5. The fraction of sp³-hybridized carbons (Fsp3) is 0.577. The maximum absolute atomic E-state index is 13.6. The Hall–Kier alpha value is -3.67. The van der Waals surface area contributed by atoms with E-state index in [1.54, 1.807) is 0 Å². The van der Waals surface area contributed by atoms with Gasteiger partial charge in [0.1, 0.15) is 18.1 Å². The zero-order valence-electron chi connectivity index (χ0n) is 22.1. The third kappa shape index (κ3) is 9.66. The number of guanidine groups is 1. The lowest BCUT2D eigenvalue weighted by molar-refractivity contribution is -0.145. The van der Waals surface area contributed by atoms with E-state index in [4.69, 9.17) is 17.2 Å². The molecule has 4 unspecified atom stereocenters. The van der Waals surface area contributed by atoms with Crippen LogP contribution in [0.25, 0.3) is 0 Å². The average molecular weight is 532 g/mol. The number of carbonyl (C=O) groups is 4. The molecule has 1 heterocycles. The van der Waals surface area contributed by atoms with E-state index in [0.29, 0.717) is 32.2 Å². The molecule has 210 valence electrons. The molecule has 1 fully saturated rings. The van der Waals surface area contributed by atoms with E-state index < -0.39 is 47.9 Å². The van der Waals surface area contributed by atoms with Gasteiger partial charge in [-0.05, 0) is 50.0 Å². The monoisotopic (exact) mass is 531 g/mol. The van der Waals surface area contributed by atoms with Gasteiger partial charge in [-0.2, -0.15) is 0 Å².